The van der Waals surface area contributed by atoms with Crippen LogP contribution in [0.25, 0.3) is 0 Å². The van der Waals surface area contributed by atoms with Gasteiger partial charge in [-0.2, -0.15) is 5.10 Å². The molecule has 1 aliphatic heterocycles. The van der Waals surface area contributed by atoms with Gasteiger partial charge in [-0.05, 0) is 39.4 Å². The van der Waals surface area contributed by atoms with Gasteiger partial charge in [0.05, 0.1) is 18.3 Å². The first kappa shape index (κ1) is 25.6. The number of likely N-dealkylation sites (N-methyl/N-ethyl adjacent to an activating group) is 1. The van der Waals surface area contributed by atoms with Gasteiger partial charge in [-0.25, -0.2) is 0 Å². The number of halogens is 1. The second-order valence-corrected chi connectivity index (χ2v) is 8.37. The van der Waals surface area contributed by atoms with Crippen molar-refractivity contribution in [3.05, 3.63) is 53.3 Å². The fourth-order valence-corrected chi connectivity index (χ4v) is 4.03. The summed E-state index contributed by atoms with van der Waals surface area (Å²) >= 11 is 0. The summed E-state index contributed by atoms with van der Waals surface area (Å²) in [4.78, 5) is 6.62. The van der Waals surface area contributed by atoms with Crippen molar-refractivity contribution in [2.24, 2.45) is 18.0 Å². The second kappa shape index (κ2) is 12.4. The van der Waals surface area contributed by atoms with Crippen LogP contribution in [0.4, 0.5) is 0 Å². The van der Waals surface area contributed by atoms with Gasteiger partial charge >= 0.3 is 0 Å². The van der Waals surface area contributed by atoms with E-state index in [0.29, 0.717) is 5.92 Å². The van der Waals surface area contributed by atoms with Crippen LogP contribution in [0.15, 0.2) is 41.7 Å². The molecule has 3 rings (SSSR count). The topological polar surface area (TPSA) is 66.7 Å². The van der Waals surface area contributed by atoms with E-state index in [-0.39, 0.29) is 36.1 Å². The Morgan fingerprint density at radius 3 is 2.65 bits per heavy atom. The first-order valence-electron chi connectivity index (χ1n) is 10.8. The Morgan fingerprint density at radius 2 is 2.03 bits per heavy atom. The number of ether oxygens (including phenoxy) is 1. The van der Waals surface area contributed by atoms with Crippen molar-refractivity contribution in [3.8, 4) is 0 Å². The monoisotopic (exact) mass is 540 g/mol. The number of aliphatic imine (C=N–C) groups is 1. The summed E-state index contributed by atoms with van der Waals surface area (Å²) in [6.45, 7) is 4.53. The van der Waals surface area contributed by atoms with Gasteiger partial charge in [-0.15, -0.1) is 24.0 Å². The van der Waals surface area contributed by atoms with Gasteiger partial charge in [0.1, 0.15) is 0 Å². The van der Waals surface area contributed by atoms with E-state index in [0.717, 1.165) is 38.5 Å². The van der Waals surface area contributed by atoms with Gasteiger partial charge in [0.25, 0.3) is 0 Å². The molecule has 0 saturated carbocycles. The lowest BCUT2D eigenvalue weighted by Gasteiger charge is -2.33. The van der Waals surface area contributed by atoms with Crippen LogP contribution in [0.1, 0.15) is 41.7 Å². The standard InChI is InChI=1S/C23H36N6O.HI/c1-17-8-10-18(11-9-17)22-19(7-6-12-30-22)13-25-23(24-2)26-15-21(28(3)4)20-14-27-29(5)16-20;/h8-11,14,16,19,21-22H,6-7,12-13,15H2,1-5H3,(H2,24,25,26);1H. The SMILES string of the molecule is CN=C(NCC1CCCOC1c1ccc(C)cc1)NCC(c1cnn(C)c1)N(C)C.I. The molecule has 3 unspecified atom stereocenters. The molecule has 8 heteroatoms. The summed E-state index contributed by atoms with van der Waals surface area (Å²) in [5.41, 5.74) is 3.72. The lowest BCUT2D eigenvalue weighted by atomic mass is 9.89. The molecule has 31 heavy (non-hydrogen) atoms. The summed E-state index contributed by atoms with van der Waals surface area (Å²) in [5, 5.41) is 11.3. The number of hydrogen-bond donors (Lipinski definition) is 2. The van der Waals surface area contributed by atoms with Crippen molar-refractivity contribution in [1.29, 1.82) is 0 Å². The van der Waals surface area contributed by atoms with Crippen LogP contribution < -0.4 is 10.6 Å². The van der Waals surface area contributed by atoms with E-state index in [9.17, 15) is 0 Å². The minimum Gasteiger partial charge on any atom is -0.373 e. The molecule has 0 amide bonds. The quantitative estimate of drug-likeness (QED) is 0.321. The lowest BCUT2D eigenvalue weighted by Crippen LogP contribution is -2.44. The molecule has 0 radical (unpaired) electrons. The van der Waals surface area contributed by atoms with E-state index in [1.807, 2.05) is 25.0 Å². The highest BCUT2D eigenvalue weighted by Gasteiger charge is 2.27. The van der Waals surface area contributed by atoms with Crippen LogP contribution in [-0.2, 0) is 11.8 Å². The Hall–Kier alpha value is -1.65. The van der Waals surface area contributed by atoms with Crippen molar-refractivity contribution in [3.63, 3.8) is 0 Å². The van der Waals surface area contributed by atoms with Crippen molar-refractivity contribution in [2.45, 2.75) is 31.9 Å². The summed E-state index contributed by atoms with van der Waals surface area (Å²) < 4.78 is 8.00. The second-order valence-electron chi connectivity index (χ2n) is 8.37. The number of nitrogens with one attached hydrogen (secondary N) is 2. The molecule has 1 aromatic carbocycles. The van der Waals surface area contributed by atoms with Crippen molar-refractivity contribution in [1.82, 2.24) is 25.3 Å². The molecule has 1 aliphatic rings. The Balaban J connectivity index is 0.00000341. The Labute approximate surface area is 203 Å². The molecule has 1 aromatic heterocycles. The maximum atomic E-state index is 6.16. The average molecular weight is 540 g/mol. The van der Waals surface area contributed by atoms with Gasteiger partial charge < -0.3 is 20.3 Å². The maximum Gasteiger partial charge on any atom is 0.191 e. The summed E-state index contributed by atoms with van der Waals surface area (Å²) in [6, 6.07) is 8.94. The molecule has 2 N–H and O–H groups in total. The highest BCUT2D eigenvalue weighted by atomic mass is 127. The molecular formula is C23H37IN6O. The van der Waals surface area contributed by atoms with Crippen LogP contribution in [0.3, 0.4) is 0 Å². The number of guanidine groups is 1. The maximum absolute atomic E-state index is 6.16. The normalized spacial score (nSPS) is 20.3. The zero-order valence-electron chi connectivity index (χ0n) is 19.3. The largest absolute Gasteiger partial charge is 0.373 e. The van der Waals surface area contributed by atoms with E-state index < -0.39 is 0 Å². The number of aryl methyl sites for hydroxylation is 2. The van der Waals surface area contributed by atoms with Gasteiger partial charge in [0.2, 0.25) is 0 Å². The number of rotatable bonds is 7. The predicted molar refractivity (Wildman–Crippen MR) is 137 cm³/mol. The molecule has 1 fully saturated rings. The summed E-state index contributed by atoms with van der Waals surface area (Å²) in [7, 11) is 7.93. The van der Waals surface area contributed by atoms with E-state index in [1.165, 1.54) is 16.7 Å². The molecular weight excluding hydrogens is 503 g/mol. The van der Waals surface area contributed by atoms with Crippen LogP contribution >= 0.6 is 24.0 Å². The van der Waals surface area contributed by atoms with E-state index in [2.05, 4.69) is 77.1 Å². The smallest absolute Gasteiger partial charge is 0.191 e. The molecule has 172 valence electrons. The molecule has 0 bridgehead atoms. The van der Waals surface area contributed by atoms with Gasteiger partial charge in [-0.3, -0.25) is 9.67 Å². The summed E-state index contributed by atoms with van der Waals surface area (Å²) in [6.07, 6.45) is 6.38. The highest BCUT2D eigenvalue weighted by molar-refractivity contribution is 14.0. The van der Waals surface area contributed by atoms with Gasteiger partial charge in [0.15, 0.2) is 5.96 Å². The molecule has 2 aromatic rings. The molecule has 3 atom stereocenters. The van der Waals surface area contributed by atoms with Gasteiger partial charge in [-0.1, -0.05) is 29.8 Å². The zero-order valence-corrected chi connectivity index (χ0v) is 21.7. The molecule has 0 spiro atoms. The van der Waals surface area contributed by atoms with Crippen molar-refractivity contribution in [2.75, 3.05) is 40.8 Å². The minimum atomic E-state index is 0. The fourth-order valence-electron chi connectivity index (χ4n) is 4.03. The third-order valence-corrected chi connectivity index (χ3v) is 5.80. The number of hydrogen-bond acceptors (Lipinski definition) is 4. The van der Waals surface area contributed by atoms with Crippen LogP contribution in [0, 0.1) is 12.8 Å². The molecule has 0 aliphatic carbocycles. The van der Waals surface area contributed by atoms with E-state index >= 15 is 0 Å². The van der Waals surface area contributed by atoms with Crippen LogP contribution in [-0.4, -0.2) is 61.5 Å². The third-order valence-electron chi connectivity index (χ3n) is 5.80. The molecule has 2 heterocycles. The number of benzene rings is 1. The Bertz CT molecular complexity index is 820. The Kier molecular flexibility index (Phi) is 10.2. The first-order valence-corrected chi connectivity index (χ1v) is 10.8. The zero-order chi connectivity index (χ0) is 21.5. The van der Waals surface area contributed by atoms with Crippen molar-refractivity contribution >= 4 is 29.9 Å². The van der Waals surface area contributed by atoms with Crippen LogP contribution in [0.5, 0.6) is 0 Å². The number of aromatic nitrogens is 2. The summed E-state index contributed by atoms with van der Waals surface area (Å²) in [5.74, 6) is 1.24. The average Bonchev–Trinajstić information content (AvgIpc) is 3.17. The van der Waals surface area contributed by atoms with Gasteiger partial charge in [0, 0.05) is 51.5 Å². The molecule has 1 saturated heterocycles. The fraction of sp³-hybridized carbons (Fsp3) is 0.565. The van der Waals surface area contributed by atoms with E-state index in [1.54, 1.807) is 0 Å². The lowest BCUT2D eigenvalue weighted by molar-refractivity contribution is -0.0265. The first-order chi connectivity index (χ1) is 14.5. The number of nitrogens with zero attached hydrogens (tertiary/aromatic N) is 4. The van der Waals surface area contributed by atoms with E-state index in [4.69, 9.17) is 4.74 Å². The Morgan fingerprint density at radius 1 is 1.29 bits per heavy atom. The third kappa shape index (κ3) is 7.18. The predicted octanol–water partition coefficient (Wildman–Crippen LogP) is 3.28. The van der Waals surface area contributed by atoms with Crippen LogP contribution in [0.2, 0.25) is 0 Å². The minimum absolute atomic E-state index is 0. The molecule has 7 nitrogen and oxygen atoms in total. The highest BCUT2D eigenvalue weighted by Crippen LogP contribution is 2.33. The van der Waals surface area contributed by atoms with Crippen molar-refractivity contribution < 1.29 is 4.74 Å².